The zero-order chi connectivity index (χ0) is 37.3. The Balaban J connectivity index is 0.000000233. The predicted octanol–water partition coefficient (Wildman–Crippen LogP) is 9.35. The van der Waals surface area contributed by atoms with Crippen LogP contribution in [0.3, 0.4) is 0 Å². The highest BCUT2D eigenvalue weighted by Crippen LogP contribution is 2.41. The van der Waals surface area contributed by atoms with Gasteiger partial charge in [0.25, 0.3) is 0 Å². The van der Waals surface area contributed by atoms with Crippen LogP contribution in [-0.2, 0) is 16.0 Å². The molecule has 4 fully saturated rings. The highest BCUT2D eigenvalue weighted by Gasteiger charge is 2.42. The highest BCUT2D eigenvalue weighted by molar-refractivity contribution is 6.32. The largest absolute Gasteiger partial charge is 0.444 e. The second kappa shape index (κ2) is 19.0. The first kappa shape index (κ1) is 43.6. The molecule has 0 saturated carbocycles. The summed E-state index contributed by atoms with van der Waals surface area (Å²) in [6.07, 6.45) is 7.22. The molecule has 2 aromatic rings. The number of rotatable bonds is 3. The molecule has 0 aliphatic carbocycles. The van der Waals surface area contributed by atoms with Crippen molar-refractivity contribution < 1.29 is 23.9 Å². The monoisotopic (exact) mass is 760 g/mol. The first-order valence-corrected chi connectivity index (χ1v) is 19.1. The van der Waals surface area contributed by atoms with Crippen molar-refractivity contribution in [3.63, 3.8) is 0 Å². The second-order valence-electron chi connectivity index (χ2n) is 16.6. The number of carbonyl (C=O) groups is 3. The van der Waals surface area contributed by atoms with Crippen LogP contribution in [0.15, 0.2) is 48.5 Å². The van der Waals surface area contributed by atoms with E-state index in [0.29, 0.717) is 21.4 Å². The zero-order valence-corrected chi connectivity index (χ0v) is 33.0. The van der Waals surface area contributed by atoms with Gasteiger partial charge >= 0.3 is 12.2 Å². The van der Waals surface area contributed by atoms with Crippen molar-refractivity contribution in [1.82, 2.24) is 20.0 Å². The van der Waals surface area contributed by atoms with E-state index in [1.807, 2.05) is 69.5 Å². The normalized spacial score (nSPS) is 19.5. The van der Waals surface area contributed by atoms with Crippen molar-refractivity contribution in [2.45, 2.75) is 105 Å². The Hall–Kier alpha value is -2.85. The van der Waals surface area contributed by atoms with Gasteiger partial charge in [0, 0.05) is 56.4 Å². The standard InChI is InChI=1S/C20H29ClN2O2.C13H24N2O2.C7H5ClO.CH4/c1-19(2,3)25-18(24)23-12-9-20(10-13-23)8-11-22(15-20)14-16-6-4-5-7-17(16)21;1-12(2,3)17-11(16)15-8-5-13(6-9-15)4-7-14-10-13;8-7-4-2-1-3-6(7)5-9;/h4-7H,8-15H2,1-3H3;14H,4-10H2,1-3H3;1-5H;1H4. The number of ether oxygens (including phenoxy) is 2. The van der Waals surface area contributed by atoms with E-state index in [1.165, 1.54) is 18.4 Å². The Morgan fingerprint density at radius 1 is 0.731 bits per heavy atom. The Kier molecular flexibility index (Phi) is 15.9. The summed E-state index contributed by atoms with van der Waals surface area (Å²) in [7, 11) is 0. The summed E-state index contributed by atoms with van der Waals surface area (Å²) >= 11 is 11.9. The van der Waals surface area contributed by atoms with Crippen LogP contribution >= 0.6 is 23.2 Å². The maximum atomic E-state index is 12.2. The summed E-state index contributed by atoms with van der Waals surface area (Å²) < 4.78 is 10.9. The van der Waals surface area contributed by atoms with Crippen molar-refractivity contribution >= 4 is 41.7 Å². The molecule has 6 rings (SSSR count). The lowest BCUT2D eigenvalue weighted by molar-refractivity contribution is 0.0103. The summed E-state index contributed by atoms with van der Waals surface area (Å²) in [6.45, 7) is 20.2. The predicted molar refractivity (Wildman–Crippen MR) is 211 cm³/mol. The van der Waals surface area contributed by atoms with Crippen LogP contribution in [0.2, 0.25) is 10.0 Å². The summed E-state index contributed by atoms with van der Waals surface area (Å²) in [6, 6.07) is 15.0. The van der Waals surface area contributed by atoms with Crippen LogP contribution in [0.1, 0.15) is 103 Å². The summed E-state index contributed by atoms with van der Waals surface area (Å²) in [5.41, 5.74) is 1.73. The van der Waals surface area contributed by atoms with Gasteiger partial charge in [-0.3, -0.25) is 9.69 Å². The van der Waals surface area contributed by atoms with E-state index in [4.69, 9.17) is 32.7 Å². The van der Waals surface area contributed by atoms with Crippen molar-refractivity contribution in [3.8, 4) is 0 Å². The molecule has 52 heavy (non-hydrogen) atoms. The van der Waals surface area contributed by atoms with Gasteiger partial charge in [0.1, 0.15) is 11.2 Å². The third-order valence-electron chi connectivity index (χ3n) is 10.2. The molecule has 4 aliphatic rings. The summed E-state index contributed by atoms with van der Waals surface area (Å²) in [4.78, 5) is 40.5. The number of likely N-dealkylation sites (tertiary alicyclic amines) is 3. The van der Waals surface area contributed by atoms with E-state index in [9.17, 15) is 14.4 Å². The van der Waals surface area contributed by atoms with Crippen molar-refractivity contribution in [2.24, 2.45) is 10.8 Å². The summed E-state index contributed by atoms with van der Waals surface area (Å²) in [5.74, 6) is 0. The molecule has 2 spiro atoms. The number of piperidine rings is 2. The van der Waals surface area contributed by atoms with Crippen molar-refractivity contribution in [3.05, 3.63) is 69.7 Å². The topological polar surface area (TPSA) is 91.4 Å². The van der Waals surface area contributed by atoms with E-state index in [1.54, 1.807) is 24.3 Å². The molecule has 0 aromatic heterocycles. The third-order valence-corrected chi connectivity index (χ3v) is 10.9. The lowest BCUT2D eigenvalue weighted by Crippen LogP contribution is -2.46. The van der Waals surface area contributed by atoms with E-state index >= 15 is 0 Å². The molecule has 9 nitrogen and oxygen atoms in total. The van der Waals surface area contributed by atoms with Gasteiger partial charge in [0.2, 0.25) is 0 Å². The number of hydrogen-bond donors (Lipinski definition) is 1. The number of benzene rings is 2. The van der Waals surface area contributed by atoms with E-state index in [0.717, 1.165) is 95.9 Å². The number of carbonyl (C=O) groups excluding carboxylic acids is 3. The molecule has 11 heteroatoms. The SMILES string of the molecule is C.CC(C)(C)OC(=O)N1CCC2(CCN(Cc3ccccc3Cl)C2)CC1.CC(C)(C)OC(=O)N1CCC2(CCNC2)CC1.O=Cc1ccccc1Cl. The average molecular weight is 762 g/mol. The van der Waals surface area contributed by atoms with Gasteiger partial charge in [0.05, 0.1) is 5.02 Å². The Morgan fingerprint density at radius 2 is 1.21 bits per heavy atom. The zero-order valence-electron chi connectivity index (χ0n) is 31.4. The van der Waals surface area contributed by atoms with Gasteiger partial charge in [-0.1, -0.05) is 67.0 Å². The maximum Gasteiger partial charge on any atom is 0.410 e. The molecule has 4 saturated heterocycles. The number of hydrogen-bond acceptors (Lipinski definition) is 7. The smallest absolute Gasteiger partial charge is 0.410 e. The van der Waals surface area contributed by atoms with E-state index in [2.05, 4.69) is 16.3 Å². The minimum atomic E-state index is -0.425. The summed E-state index contributed by atoms with van der Waals surface area (Å²) in [5, 5.41) is 4.79. The quantitative estimate of drug-likeness (QED) is 0.312. The third kappa shape index (κ3) is 13.2. The van der Waals surface area contributed by atoms with Crippen LogP contribution in [-0.4, -0.2) is 96.7 Å². The van der Waals surface area contributed by atoms with Crippen LogP contribution in [0.5, 0.6) is 0 Å². The number of halogens is 2. The Morgan fingerprint density at radius 3 is 1.65 bits per heavy atom. The first-order chi connectivity index (χ1) is 24.0. The van der Waals surface area contributed by atoms with Crippen LogP contribution < -0.4 is 5.32 Å². The van der Waals surface area contributed by atoms with Gasteiger partial charge in [-0.25, -0.2) is 9.59 Å². The van der Waals surface area contributed by atoms with Gasteiger partial charge in [0.15, 0.2) is 6.29 Å². The maximum absolute atomic E-state index is 12.2. The van der Waals surface area contributed by atoms with Crippen molar-refractivity contribution in [2.75, 3.05) is 52.4 Å². The molecular formula is C41H62Cl2N4O5. The van der Waals surface area contributed by atoms with Crippen LogP contribution in [0, 0.1) is 10.8 Å². The van der Waals surface area contributed by atoms with Gasteiger partial charge < -0.3 is 24.6 Å². The minimum Gasteiger partial charge on any atom is -0.444 e. The van der Waals surface area contributed by atoms with Gasteiger partial charge in [-0.05, 0) is 122 Å². The number of amides is 2. The minimum absolute atomic E-state index is 0. The number of aldehydes is 1. The van der Waals surface area contributed by atoms with Crippen LogP contribution in [0.25, 0.3) is 0 Å². The van der Waals surface area contributed by atoms with Crippen LogP contribution in [0.4, 0.5) is 9.59 Å². The molecule has 0 bridgehead atoms. The molecule has 4 aliphatic heterocycles. The molecule has 0 unspecified atom stereocenters. The molecule has 2 aromatic carbocycles. The van der Waals surface area contributed by atoms with E-state index < -0.39 is 5.60 Å². The molecule has 1 N–H and O–H groups in total. The second-order valence-corrected chi connectivity index (χ2v) is 17.4. The lowest BCUT2D eigenvalue weighted by Gasteiger charge is -2.39. The van der Waals surface area contributed by atoms with Gasteiger partial charge in [-0.2, -0.15) is 0 Å². The molecular weight excluding hydrogens is 699 g/mol. The molecule has 290 valence electrons. The number of nitrogens with zero attached hydrogens (tertiary/aromatic N) is 3. The Bertz CT molecular complexity index is 1450. The number of nitrogens with one attached hydrogen (secondary N) is 1. The lowest BCUT2D eigenvalue weighted by atomic mass is 9.78. The molecule has 4 heterocycles. The molecule has 0 atom stereocenters. The fourth-order valence-corrected chi connectivity index (χ4v) is 7.59. The molecule has 0 radical (unpaired) electrons. The Labute approximate surface area is 322 Å². The first-order valence-electron chi connectivity index (χ1n) is 18.3. The highest BCUT2D eigenvalue weighted by atomic mass is 35.5. The molecule has 2 amide bonds. The van der Waals surface area contributed by atoms with Crippen molar-refractivity contribution in [1.29, 1.82) is 0 Å². The fraction of sp³-hybridized carbons (Fsp3) is 0.634. The fourth-order valence-electron chi connectivity index (χ4n) is 7.21. The van der Waals surface area contributed by atoms with Gasteiger partial charge in [-0.15, -0.1) is 0 Å². The van der Waals surface area contributed by atoms with E-state index in [-0.39, 0.29) is 25.2 Å². The average Bonchev–Trinajstić information content (AvgIpc) is 3.69.